The summed E-state index contributed by atoms with van der Waals surface area (Å²) in [5.74, 6) is -0.238. The fraction of sp³-hybridized carbons (Fsp3) is 0.714. The zero-order chi connectivity index (χ0) is 10.0. The van der Waals surface area contributed by atoms with Crippen molar-refractivity contribution in [2.75, 3.05) is 0 Å². The van der Waals surface area contributed by atoms with Gasteiger partial charge in [-0.15, -0.1) is 11.6 Å². The highest BCUT2D eigenvalue weighted by molar-refractivity contribution is 6.60. The normalized spacial score (nSPS) is 47.5. The van der Waals surface area contributed by atoms with E-state index in [-0.39, 0.29) is 12.0 Å². The molecule has 0 aliphatic heterocycles. The topological polar surface area (TPSA) is 26.0 Å². The molecule has 2 N–H and O–H groups in total. The molecular formula is C7H6Cl5N. The fourth-order valence-electron chi connectivity index (χ4n) is 1.96. The summed E-state index contributed by atoms with van der Waals surface area (Å²) in [5.41, 5.74) is 5.80. The number of fused-ring (bicyclic) bond motifs is 2. The van der Waals surface area contributed by atoms with Crippen molar-refractivity contribution in [3.05, 3.63) is 10.1 Å². The van der Waals surface area contributed by atoms with Gasteiger partial charge in [-0.3, -0.25) is 0 Å². The first-order valence-electron chi connectivity index (χ1n) is 3.71. The Morgan fingerprint density at radius 3 is 2.08 bits per heavy atom. The van der Waals surface area contributed by atoms with Crippen LogP contribution in [-0.2, 0) is 0 Å². The van der Waals surface area contributed by atoms with Gasteiger partial charge in [-0.25, -0.2) is 0 Å². The second-order valence-electron chi connectivity index (χ2n) is 3.39. The summed E-state index contributed by atoms with van der Waals surface area (Å²) in [6.45, 7) is 0. The average Bonchev–Trinajstić information content (AvgIpc) is 2.28. The zero-order valence-electron chi connectivity index (χ0n) is 6.33. The molecule has 0 aromatic carbocycles. The number of hydrogen-bond acceptors (Lipinski definition) is 1. The maximum Gasteiger partial charge on any atom is 0.151 e. The predicted molar refractivity (Wildman–Crippen MR) is 57.8 cm³/mol. The van der Waals surface area contributed by atoms with E-state index in [0.717, 1.165) is 0 Å². The maximum absolute atomic E-state index is 6.22. The highest BCUT2D eigenvalue weighted by atomic mass is 35.5. The first kappa shape index (κ1) is 10.7. The molecule has 0 saturated heterocycles. The quantitative estimate of drug-likeness (QED) is 0.678. The number of rotatable bonds is 0. The van der Waals surface area contributed by atoms with Gasteiger partial charge in [-0.05, 0) is 6.42 Å². The lowest BCUT2D eigenvalue weighted by molar-refractivity contribution is 0.588. The molecule has 0 radical (unpaired) electrons. The van der Waals surface area contributed by atoms with Crippen molar-refractivity contribution < 1.29 is 0 Å². The highest BCUT2D eigenvalue weighted by Crippen LogP contribution is 2.67. The Labute approximate surface area is 101 Å². The molecule has 2 aliphatic carbocycles. The van der Waals surface area contributed by atoms with Crippen LogP contribution in [-0.4, -0.2) is 15.2 Å². The van der Waals surface area contributed by atoms with E-state index in [1.54, 1.807) is 0 Å². The summed E-state index contributed by atoms with van der Waals surface area (Å²) in [6.07, 6.45) is 0.575. The van der Waals surface area contributed by atoms with E-state index in [4.69, 9.17) is 63.7 Å². The first-order chi connectivity index (χ1) is 5.83. The van der Waals surface area contributed by atoms with Gasteiger partial charge < -0.3 is 5.73 Å². The lowest BCUT2D eigenvalue weighted by Gasteiger charge is -2.31. The molecule has 3 atom stereocenters. The van der Waals surface area contributed by atoms with E-state index in [1.165, 1.54) is 0 Å². The van der Waals surface area contributed by atoms with Crippen molar-refractivity contribution in [3.63, 3.8) is 0 Å². The van der Waals surface area contributed by atoms with Gasteiger partial charge in [0.1, 0.15) is 4.87 Å². The Morgan fingerprint density at radius 1 is 1.23 bits per heavy atom. The van der Waals surface area contributed by atoms with E-state index < -0.39 is 9.21 Å². The number of allylic oxidation sites excluding steroid dienone is 1. The van der Waals surface area contributed by atoms with Gasteiger partial charge >= 0.3 is 0 Å². The summed E-state index contributed by atoms with van der Waals surface area (Å²) in [4.78, 5) is -1.11. The summed E-state index contributed by atoms with van der Waals surface area (Å²) < 4.78 is -1.18. The average molecular weight is 281 g/mol. The van der Waals surface area contributed by atoms with Gasteiger partial charge in [-0.1, -0.05) is 46.4 Å². The molecule has 0 spiro atoms. The van der Waals surface area contributed by atoms with Crippen LogP contribution in [0.25, 0.3) is 0 Å². The summed E-state index contributed by atoms with van der Waals surface area (Å²) in [6, 6.07) is -0.343. The molecular weight excluding hydrogens is 275 g/mol. The predicted octanol–water partition coefficient (Wildman–Crippen LogP) is 3.19. The third-order valence-corrected chi connectivity index (χ3v) is 5.99. The lowest BCUT2D eigenvalue weighted by atomic mass is 10.0. The van der Waals surface area contributed by atoms with Gasteiger partial charge in [0.15, 0.2) is 4.33 Å². The highest BCUT2D eigenvalue weighted by Gasteiger charge is 2.70. The third-order valence-electron chi connectivity index (χ3n) is 2.76. The van der Waals surface area contributed by atoms with E-state index in [1.807, 2.05) is 0 Å². The molecule has 74 valence electrons. The number of hydrogen-bond donors (Lipinski definition) is 1. The molecule has 2 rings (SSSR count). The van der Waals surface area contributed by atoms with Crippen molar-refractivity contribution in [2.24, 2.45) is 11.7 Å². The van der Waals surface area contributed by atoms with Crippen molar-refractivity contribution in [3.8, 4) is 0 Å². The standard InChI is InChI=1S/C7H6Cl5N/c8-4-2-1-3(13)6(10,5(4)9)7(2,11)12/h2-3H,1,13H2. The molecule has 13 heavy (non-hydrogen) atoms. The molecule has 0 aromatic rings. The summed E-state index contributed by atoms with van der Waals surface area (Å²) in [7, 11) is 0. The van der Waals surface area contributed by atoms with Crippen molar-refractivity contribution >= 4 is 58.0 Å². The Kier molecular flexibility index (Phi) is 2.33. The van der Waals surface area contributed by atoms with Gasteiger partial charge in [-0.2, -0.15) is 0 Å². The van der Waals surface area contributed by atoms with Crippen LogP contribution in [0.5, 0.6) is 0 Å². The molecule has 2 bridgehead atoms. The number of nitrogens with two attached hydrogens (primary N) is 1. The van der Waals surface area contributed by atoms with Crippen LogP contribution in [0.3, 0.4) is 0 Å². The van der Waals surface area contributed by atoms with Crippen molar-refractivity contribution in [2.45, 2.75) is 21.7 Å². The smallest absolute Gasteiger partial charge is 0.151 e. The number of alkyl halides is 3. The minimum absolute atomic E-state index is 0.238. The third kappa shape index (κ3) is 1.01. The van der Waals surface area contributed by atoms with Gasteiger partial charge in [0.2, 0.25) is 0 Å². The SMILES string of the molecule is NC1CC2C(Cl)=C(Cl)C1(Cl)C2(Cl)Cl. The summed E-state index contributed by atoms with van der Waals surface area (Å²) in [5, 5.41) is 0.743. The molecule has 0 amide bonds. The van der Waals surface area contributed by atoms with E-state index >= 15 is 0 Å². The maximum atomic E-state index is 6.22. The number of halogens is 5. The minimum Gasteiger partial charge on any atom is -0.326 e. The second kappa shape index (κ2) is 2.84. The molecule has 0 heterocycles. The van der Waals surface area contributed by atoms with Gasteiger partial charge in [0, 0.05) is 17.0 Å². The van der Waals surface area contributed by atoms with Crippen LogP contribution in [0.1, 0.15) is 6.42 Å². The van der Waals surface area contributed by atoms with Crippen LogP contribution in [0.2, 0.25) is 0 Å². The van der Waals surface area contributed by atoms with E-state index in [0.29, 0.717) is 16.5 Å². The Morgan fingerprint density at radius 2 is 1.77 bits per heavy atom. The van der Waals surface area contributed by atoms with Crippen LogP contribution < -0.4 is 5.73 Å². The Balaban J connectivity index is 2.60. The molecule has 3 unspecified atom stereocenters. The second-order valence-corrected chi connectivity index (χ2v) is 6.16. The summed E-state index contributed by atoms with van der Waals surface area (Å²) >= 11 is 30.3. The molecule has 1 saturated carbocycles. The van der Waals surface area contributed by atoms with Crippen molar-refractivity contribution in [1.82, 2.24) is 0 Å². The Bertz CT molecular complexity index is 299. The van der Waals surface area contributed by atoms with E-state index in [2.05, 4.69) is 0 Å². The van der Waals surface area contributed by atoms with Gasteiger partial charge in [0.25, 0.3) is 0 Å². The largest absolute Gasteiger partial charge is 0.326 e. The monoisotopic (exact) mass is 279 g/mol. The molecule has 1 nitrogen and oxygen atoms in total. The fourth-order valence-corrected chi connectivity index (χ4v) is 4.23. The van der Waals surface area contributed by atoms with Crippen LogP contribution in [0, 0.1) is 5.92 Å². The Hall–Kier alpha value is 1.15. The minimum atomic E-state index is -1.18. The van der Waals surface area contributed by atoms with Crippen LogP contribution in [0.4, 0.5) is 0 Å². The lowest BCUT2D eigenvalue weighted by Crippen LogP contribution is -2.47. The zero-order valence-corrected chi connectivity index (χ0v) is 10.1. The van der Waals surface area contributed by atoms with Crippen LogP contribution >= 0.6 is 58.0 Å². The van der Waals surface area contributed by atoms with Crippen LogP contribution in [0.15, 0.2) is 10.1 Å². The molecule has 2 aliphatic rings. The first-order valence-corrected chi connectivity index (χ1v) is 5.60. The molecule has 0 aromatic heterocycles. The molecule has 1 fully saturated rings. The van der Waals surface area contributed by atoms with E-state index in [9.17, 15) is 0 Å². The van der Waals surface area contributed by atoms with Crippen molar-refractivity contribution in [1.29, 1.82) is 0 Å². The molecule has 6 heteroatoms. The van der Waals surface area contributed by atoms with Gasteiger partial charge in [0.05, 0.1) is 5.03 Å².